The molecule has 0 bridgehead atoms. The number of hydrogen-bond donors (Lipinski definition) is 0. The van der Waals surface area contributed by atoms with E-state index in [1.807, 2.05) is 0 Å². The molecule has 0 aromatic carbocycles. The molecule has 0 unspecified atom stereocenters. The van der Waals surface area contributed by atoms with Gasteiger partial charge in [0.1, 0.15) is 5.60 Å². The first-order chi connectivity index (χ1) is 11.1. The Labute approximate surface area is 133 Å². The van der Waals surface area contributed by atoms with Crippen LogP contribution in [0, 0.1) is 0 Å². The van der Waals surface area contributed by atoms with E-state index in [2.05, 4.69) is 15.0 Å². The minimum atomic E-state index is -0.405. The normalized spacial score (nSPS) is 25.3. The van der Waals surface area contributed by atoms with Crippen molar-refractivity contribution in [3.8, 4) is 11.7 Å². The Kier molecular flexibility index (Phi) is 3.33. The van der Waals surface area contributed by atoms with Crippen LogP contribution < -0.4 is 0 Å². The van der Waals surface area contributed by atoms with Gasteiger partial charge in [-0.3, -0.25) is 4.90 Å². The monoisotopic (exact) mass is 318 g/mol. The molecular formula is C15H18N4O4. The van der Waals surface area contributed by atoms with E-state index in [1.165, 1.54) is 0 Å². The minimum Gasteiger partial charge on any atom is -0.459 e. The van der Waals surface area contributed by atoms with Gasteiger partial charge in [0.15, 0.2) is 11.6 Å². The van der Waals surface area contributed by atoms with Crippen molar-refractivity contribution in [3.63, 3.8) is 0 Å². The summed E-state index contributed by atoms with van der Waals surface area (Å²) >= 11 is 0. The van der Waals surface area contributed by atoms with Crippen LogP contribution in [0.4, 0.5) is 4.79 Å². The molecule has 0 saturated carbocycles. The van der Waals surface area contributed by atoms with Crippen LogP contribution in [0.15, 0.2) is 27.3 Å². The van der Waals surface area contributed by atoms with Gasteiger partial charge in [0, 0.05) is 13.6 Å². The molecule has 8 heteroatoms. The maximum Gasteiger partial charge on any atom is 0.410 e. The molecule has 23 heavy (non-hydrogen) atoms. The van der Waals surface area contributed by atoms with Gasteiger partial charge < -0.3 is 18.6 Å². The average molecular weight is 318 g/mol. The quantitative estimate of drug-likeness (QED) is 0.852. The highest BCUT2D eigenvalue weighted by Crippen LogP contribution is 2.31. The number of ether oxygens (including phenoxy) is 1. The number of carbonyl (C=O) groups is 1. The Bertz CT molecular complexity index is 698. The summed E-state index contributed by atoms with van der Waals surface area (Å²) < 4.78 is 16.1. The van der Waals surface area contributed by atoms with Crippen LogP contribution in [-0.2, 0) is 11.3 Å². The number of nitrogens with zero attached hydrogens (tertiary/aromatic N) is 4. The summed E-state index contributed by atoms with van der Waals surface area (Å²) in [7, 11) is 1.77. The van der Waals surface area contributed by atoms with E-state index < -0.39 is 5.60 Å². The van der Waals surface area contributed by atoms with Gasteiger partial charge in [-0.25, -0.2) is 4.79 Å². The van der Waals surface area contributed by atoms with Gasteiger partial charge in [-0.15, -0.1) is 0 Å². The van der Waals surface area contributed by atoms with E-state index in [-0.39, 0.29) is 6.09 Å². The lowest BCUT2D eigenvalue weighted by Crippen LogP contribution is -2.50. The highest BCUT2D eigenvalue weighted by molar-refractivity contribution is 5.70. The molecule has 122 valence electrons. The molecule has 0 aliphatic carbocycles. The second-order valence-corrected chi connectivity index (χ2v) is 6.21. The summed E-state index contributed by atoms with van der Waals surface area (Å²) in [6, 6.07) is 3.56. The van der Waals surface area contributed by atoms with Crippen molar-refractivity contribution in [3.05, 3.63) is 24.2 Å². The number of furan rings is 1. The fourth-order valence-electron chi connectivity index (χ4n) is 3.35. The van der Waals surface area contributed by atoms with Crippen LogP contribution in [0.2, 0.25) is 0 Å². The predicted octanol–water partition coefficient (Wildman–Crippen LogP) is 1.75. The topological polar surface area (TPSA) is 84.8 Å². The number of hydrogen-bond acceptors (Lipinski definition) is 7. The van der Waals surface area contributed by atoms with Gasteiger partial charge in [-0.1, -0.05) is 5.16 Å². The predicted molar refractivity (Wildman–Crippen MR) is 78.4 cm³/mol. The van der Waals surface area contributed by atoms with Gasteiger partial charge in [0.2, 0.25) is 0 Å². The van der Waals surface area contributed by atoms with Crippen LogP contribution in [0.5, 0.6) is 0 Å². The fourth-order valence-corrected chi connectivity index (χ4v) is 3.35. The Hall–Kier alpha value is -2.35. The summed E-state index contributed by atoms with van der Waals surface area (Å²) in [5, 5.41) is 4.01. The number of amides is 1. The molecule has 0 radical (unpaired) electrons. The van der Waals surface area contributed by atoms with Crippen molar-refractivity contribution in [2.75, 3.05) is 26.7 Å². The largest absolute Gasteiger partial charge is 0.459 e. The molecule has 1 atom stereocenters. The Morgan fingerprint density at radius 3 is 3.04 bits per heavy atom. The van der Waals surface area contributed by atoms with Crippen molar-refractivity contribution in [2.24, 2.45) is 0 Å². The van der Waals surface area contributed by atoms with Crippen LogP contribution in [-0.4, -0.2) is 58.3 Å². The Morgan fingerprint density at radius 1 is 1.39 bits per heavy atom. The molecular weight excluding hydrogens is 300 g/mol. The van der Waals surface area contributed by atoms with Crippen LogP contribution in [0.1, 0.15) is 18.7 Å². The van der Waals surface area contributed by atoms with Crippen molar-refractivity contribution in [2.45, 2.75) is 25.0 Å². The van der Waals surface area contributed by atoms with Gasteiger partial charge >= 0.3 is 6.09 Å². The van der Waals surface area contributed by atoms with E-state index in [1.54, 1.807) is 30.3 Å². The maximum absolute atomic E-state index is 11.7. The molecule has 2 saturated heterocycles. The third-order valence-corrected chi connectivity index (χ3v) is 4.32. The van der Waals surface area contributed by atoms with Gasteiger partial charge in [0.05, 0.1) is 19.4 Å². The number of carbonyl (C=O) groups excluding carboxylic acids is 1. The van der Waals surface area contributed by atoms with E-state index in [0.717, 1.165) is 19.4 Å². The number of piperidine rings is 1. The lowest BCUT2D eigenvalue weighted by molar-refractivity contribution is -0.0122. The van der Waals surface area contributed by atoms with E-state index in [4.69, 9.17) is 13.7 Å². The van der Waals surface area contributed by atoms with Crippen LogP contribution in [0.3, 0.4) is 0 Å². The number of likely N-dealkylation sites (tertiary alicyclic amines) is 1. The zero-order chi connectivity index (χ0) is 15.9. The summed E-state index contributed by atoms with van der Waals surface area (Å²) in [4.78, 5) is 19.9. The van der Waals surface area contributed by atoms with Gasteiger partial charge in [0.25, 0.3) is 5.89 Å². The lowest BCUT2D eigenvalue weighted by atomic mass is 9.93. The zero-order valence-electron chi connectivity index (χ0n) is 12.9. The van der Waals surface area contributed by atoms with Crippen LogP contribution in [0.25, 0.3) is 11.7 Å². The number of likely N-dealkylation sites (N-methyl/N-ethyl adjacent to an activating group) is 1. The third kappa shape index (κ3) is 2.70. The van der Waals surface area contributed by atoms with Crippen LogP contribution >= 0.6 is 0 Å². The van der Waals surface area contributed by atoms with Crippen molar-refractivity contribution in [1.29, 1.82) is 0 Å². The second kappa shape index (κ2) is 5.38. The van der Waals surface area contributed by atoms with Gasteiger partial charge in [-0.2, -0.15) is 4.98 Å². The Balaban J connectivity index is 1.44. The molecule has 4 heterocycles. The lowest BCUT2D eigenvalue weighted by Gasteiger charge is -2.37. The Morgan fingerprint density at radius 2 is 2.30 bits per heavy atom. The molecule has 0 N–H and O–H groups in total. The second-order valence-electron chi connectivity index (χ2n) is 6.21. The first-order valence-corrected chi connectivity index (χ1v) is 7.67. The molecule has 1 spiro atoms. The summed E-state index contributed by atoms with van der Waals surface area (Å²) in [6.07, 6.45) is 3.19. The van der Waals surface area contributed by atoms with E-state index in [0.29, 0.717) is 37.1 Å². The average Bonchev–Trinajstić information content (AvgIpc) is 3.21. The smallest absolute Gasteiger partial charge is 0.410 e. The molecule has 2 aromatic heterocycles. The van der Waals surface area contributed by atoms with Crippen molar-refractivity contribution < 1.29 is 18.5 Å². The SMILES string of the molecule is CN1C[C@]2(CCCN(Cc3noc(-c4ccco4)n3)C2)OC1=O. The first kappa shape index (κ1) is 14.3. The maximum atomic E-state index is 11.7. The highest BCUT2D eigenvalue weighted by Gasteiger charge is 2.46. The molecule has 4 rings (SSSR count). The van der Waals surface area contributed by atoms with E-state index in [9.17, 15) is 4.79 Å². The summed E-state index contributed by atoms with van der Waals surface area (Å²) in [5.74, 6) is 1.54. The van der Waals surface area contributed by atoms with Crippen molar-refractivity contribution in [1.82, 2.24) is 19.9 Å². The summed E-state index contributed by atoms with van der Waals surface area (Å²) in [5.41, 5.74) is -0.405. The summed E-state index contributed by atoms with van der Waals surface area (Å²) in [6.45, 7) is 2.81. The molecule has 2 aromatic rings. The third-order valence-electron chi connectivity index (χ3n) is 4.32. The molecule has 8 nitrogen and oxygen atoms in total. The van der Waals surface area contributed by atoms with Gasteiger partial charge in [-0.05, 0) is 31.5 Å². The molecule has 1 amide bonds. The number of rotatable bonds is 3. The molecule has 2 fully saturated rings. The number of aromatic nitrogens is 2. The van der Waals surface area contributed by atoms with Crippen molar-refractivity contribution >= 4 is 6.09 Å². The zero-order valence-corrected chi connectivity index (χ0v) is 12.9. The standard InChI is InChI=1S/C15H18N4O4/c1-18-9-15(22-14(18)20)5-3-6-19(10-15)8-12-16-13(23-17-12)11-4-2-7-21-11/h2,4,7H,3,5-6,8-10H2,1H3/t15-/m0/s1. The first-order valence-electron chi connectivity index (χ1n) is 7.67. The molecule has 2 aliphatic heterocycles. The van der Waals surface area contributed by atoms with E-state index >= 15 is 0 Å². The molecule has 2 aliphatic rings. The fraction of sp³-hybridized carbons (Fsp3) is 0.533. The minimum absolute atomic E-state index is 0.244. The highest BCUT2D eigenvalue weighted by atomic mass is 16.6.